The highest BCUT2D eigenvalue weighted by atomic mass is 16.3. The fourth-order valence-electron chi connectivity index (χ4n) is 4.83. The zero-order valence-corrected chi connectivity index (χ0v) is 19.9. The van der Waals surface area contributed by atoms with Crippen LogP contribution >= 0.6 is 0 Å². The third-order valence-corrected chi connectivity index (χ3v) is 6.69. The second kappa shape index (κ2) is 10.8. The van der Waals surface area contributed by atoms with Crippen LogP contribution in [0, 0.1) is 6.92 Å². The van der Waals surface area contributed by atoms with Gasteiger partial charge in [-0.15, -0.1) is 0 Å². The molecule has 4 rings (SSSR count). The van der Waals surface area contributed by atoms with Crippen molar-refractivity contribution in [1.29, 1.82) is 0 Å². The molecule has 6 heteroatoms. The number of carbonyl (C=O) groups excluding carboxylic acids is 2. The number of amides is 2. The molecule has 3 N–H and O–H groups in total. The number of rotatable bonds is 7. The summed E-state index contributed by atoms with van der Waals surface area (Å²) in [6.45, 7) is 5.22. The van der Waals surface area contributed by atoms with Crippen molar-refractivity contribution >= 4 is 28.3 Å². The normalized spacial score (nSPS) is 17.3. The van der Waals surface area contributed by atoms with E-state index in [9.17, 15) is 14.7 Å². The number of aliphatic hydroxyl groups is 1. The van der Waals surface area contributed by atoms with Crippen molar-refractivity contribution < 1.29 is 14.7 Å². The molecule has 3 aromatic carbocycles. The van der Waals surface area contributed by atoms with E-state index in [0.717, 1.165) is 47.7 Å². The number of β-amino-alcohol motifs (C(OH)–C–C–N with tert-alkyl or cyclic N) is 1. The highest BCUT2D eigenvalue weighted by Crippen LogP contribution is 2.25. The van der Waals surface area contributed by atoms with Gasteiger partial charge < -0.3 is 15.7 Å². The SMILES string of the molecule is Cc1ccc(NC(=O)[C@@H]2CCCCN2CCO)cc1C(=O)N[C@H](C)c1cccc2ccccc12. The Hall–Kier alpha value is -3.22. The number of nitrogens with one attached hydrogen (secondary N) is 2. The van der Waals surface area contributed by atoms with Gasteiger partial charge in [0.2, 0.25) is 5.91 Å². The van der Waals surface area contributed by atoms with Gasteiger partial charge in [-0.2, -0.15) is 0 Å². The summed E-state index contributed by atoms with van der Waals surface area (Å²) >= 11 is 0. The van der Waals surface area contributed by atoms with Crippen LogP contribution in [0.3, 0.4) is 0 Å². The summed E-state index contributed by atoms with van der Waals surface area (Å²) in [7, 11) is 0. The molecule has 178 valence electrons. The molecule has 0 radical (unpaired) electrons. The van der Waals surface area contributed by atoms with Crippen molar-refractivity contribution in [3.05, 3.63) is 77.4 Å². The van der Waals surface area contributed by atoms with Gasteiger partial charge in [-0.1, -0.05) is 55.0 Å². The Kier molecular flexibility index (Phi) is 7.60. The number of piperidine rings is 1. The molecule has 3 aromatic rings. The Bertz CT molecular complexity index is 1170. The zero-order chi connectivity index (χ0) is 24.1. The second-order valence-corrected chi connectivity index (χ2v) is 9.05. The van der Waals surface area contributed by atoms with E-state index >= 15 is 0 Å². The molecule has 1 saturated heterocycles. The van der Waals surface area contributed by atoms with Gasteiger partial charge in [0.05, 0.1) is 18.7 Å². The average Bonchev–Trinajstić information content (AvgIpc) is 2.85. The van der Waals surface area contributed by atoms with E-state index < -0.39 is 0 Å². The van der Waals surface area contributed by atoms with Crippen LogP contribution in [0.1, 0.15) is 53.7 Å². The molecule has 6 nitrogen and oxygen atoms in total. The van der Waals surface area contributed by atoms with E-state index in [1.165, 1.54) is 0 Å². The first-order chi connectivity index (χ1) is 16.5. The van der Waals surface area contributed by atoms with Gasteiger partial charge in [-0.05, 0) is 67.3 Å². The molecule has 2 amide bonds. The maximum atomic E-state index is 13.2. The van der Waals surface area contributed by atoms with Crippen LogP contribution in [0.15, 0.2) is 60.7 Å². The van der Waals surface area contributed by atoms with Crippen LogP contribution in [0.2, 0.25) is 0 Å². The largest absolute Gasteiger partial charge is 0.395 e. The maximum absolute atomic E-state index is 13.2. The molecule has 0 aliphatic carbocycles. The number of anilines is 1. The number of benzene rings is 3. The molecule has 1 heterocycles. The molecule has 1 aliphatic rings. The number of hydrogen-bond acceptors (Lipinski definition) is 4. The summed E-state index contributed by atoms with van der Waals surface area (Å²) in [6, 6.07) is 19.3. The highest BCUT2D eigenvalue weighted by Gasteiger charge is 2.28. The lowest BCUT2D eigenvalue weighted by Crippen LogP contribution is -2.48. The number of aryl methyl sites for hydroxylation is 1. The Morgan fingerprint density at radius 3 is 2.71 bits per heavy atom. The summed E-state index contributed by atoms with van der Waals surface area (Å²) in [5.41, 5.74) is 3.06. The van der Waals surface area contributed by atoms with Crippen LogP contribution in [-0.2, 0) is 4.79 Å². The minimum Gasteiger partial charge on any atom is -0.395 e. The highest BCUT2D eigenvalue weighted by molar-refractivity contribution is 6.00. The zero-order valence-electron chi connectivity index (χ0n) is 19.9. The molecular formula is C28H33N3O3. The van der Waals surface area contributed by atoms with Crippen molar-refractivity contribution in [2.24, 2.45) is 0 Å². The molecule has 0 spiro atoms. The number of carbonyl (C=O) groups is 2. The van der Waals surface area contributed by atoms with Crippen LogP contribution in [-0.4, -0.2) is 47.6 Å². The predicted octanol–water partition coefficient (Wildman–Crippen LogP) is 4.42. The number of fused-ring (bicyclic) bond motifs is 1. The molecule has 0 aromatic heterocycles. The van der Waals surface area contributed by atoms with Gasteiger partial charge >= 0.3 is 0 Å². The van der Waals surface area contributed by atoms with Gasteiger partial charge in [-0.25, -0.2) is 0 Å². The fraction of sp³-hybridized carbons (Fsp3) is 0.357. The van der Waals surface area contributed by atoms with Gasteiger partial charge in [0, 0.05) is 17.8 Å². The topological polar surface area (TPSA) is 81.7 Å². The first-order valence-electron chi connectivity index (χ1n) is 12.0. The average molecular weight is 460 g/mol. The summed E-state index contributed by atoms with van der Waals surface area (Å²) in [4.78, 5) is 28.2. The molecule has 34 heavy (non-hydrogen) atoms. The minimum absolute atomic E-state index is 0.0352. The standard InChI is InChI=1S/C28H33N3O3/c1-19-13-14-22(30-28(34)26-12-5-6-15-31(26)16-17-32)18-25(19)27(33)29-20(2)23-11-7-9-21-8-3-4-10-24(21)23/h3-4,7-11,13-14,18,20,26,32H,5-6,12,15-17H2,1-2H3,(H,29,33)(H,30,34)/t20-,26+/m1/s1. The van der Waals surface area contributed by atoms with Crippen LogP contribution in [0.25, 0.3) is 10.8 Å². The van der Waals surface area contributed by atoms with E-state index in [2.05, 4.69) is 28.8 Å². The summed E-state index contributed by atoms with van der Waals surface area (Å²) in [6.07, 6.45) is 2.80. The van der Waals surface area contributed by atoms with Gasteiger partial charge in [0.15, 0.2) is 0 Å². The molecule has 0 saturated carbocycles. The summed E-state index contributed by atoms with van der Waals surface area (Å²) in [5.74, 6) is -0.263. The molecule has 1 aliphatic heterocycles. The van der Waals surface area contributed by atoms with E-state index in [4.69, 9.17) is 0 Å². The molecule has 0 bridgehead atoms. The lowest BCUT2D eigenvalue weighted by Gasteiger charge is -2.34. The third-order valence-electron chi connectivity index (χ3n) is 6.69. The first kappa shape index (κ1) is 23.9. The van der Waals surface area contributed by atoms with Crippen molar-refractivity contribution in [3.63, 3.8) is 0 Å². The van der Waals surface area contributed by atoms with E-state index in [-0.39, 0.29) is 30.5 Å². The molecule has 1 fully saturated rings. The van der Waals surface area contributed by atoms with E-state index in [1.807, 2.05) is 55.1 Å². The van der Waals surface area contributed by atoms with Crippen LogP contribution in [0.4, 0.5) is 5.69 Å². The van der Waals surface area contributed by atoms with Gasteiger partial charge in [0.1, 0.15) is 0 Å². The maximum Gasteiger partial charge on any atom is 0.252 e. The molecular weight excluding hydrogens is 426 g/mol. The van der Waals surface area contributed by atoms with Crippen molar-refractivity contribution in [2.45, 2.75) is 45.2 Å². The van der Waals surface area contributed by atoms with Gasteiger partial charge in [-0.3, -0.25) is 14.5 Å². The Labute approximate surface area is 201 Å². The number of aliphatic hydroxyl groups excluding tert-OH is 1. The van der Waals surface area contributed by atoms with E-state index in [1.54, 1.807) is 6.07 Å². The lowest BCUT2D eigenvalue weighted by atomic mass is 9.99. The first-order valence-corrected chi connectivity index (χ1v) is 12.0. The number of nitrogens with zero attached hydrogens (tertiary/aromatic N) is 1. The van der Waals surface area contributed by atoms with Crippen molar-refractivity contribution in [1.82, 2.24) is 10.2 Å². The van der Waals surface area contributed by atoms with E-state index in [0.29, 0.717) is 17.8 Å². The van der Waals surface area contributed by atoms with Crippen molar-refractivity contribution in [2.75, 3.05) is 25.0 Å². The number of hydrogen-bond donors (Lipinski definition) is 3. The smallest absolute Gasteiger partial charge is 0.252 e. The third kappa shape index (κ3) is 5.29. The summed E-state index contributed by atoms with van der Waals surface area (Å²) in [5, 5.41) is 17.7. The lowest BCUT2D eigenvalue weighted by molar-refractivity contribution is -0.122. The van der Waals surface area contributed by atoms with Crippen LogP contribution < -0.4 is 10.6 Å². The minimum atomic E-state index is -0.258. The van der Waals surface area contributed by atoms with Crippen molar-refractivity contribution in [3.8, 4) is 0 Å². The monoisotopic (exact) mass is 459 g/mol. The summed E-state index contributed by atoms with van der Waals surface area (Å²) < 4.78 is 0. The predicted molar refractivity (Wildman–Crippen MR) is 136 cm³/mol. The fourth-order valence-corrected chi connectivity index (χ4v) is 4.83. The Morgan fingerprint density at radius 1 is 1.09 bits per heavy atom. The Balaban J connectivity index is 1.49. The second-order valence-electron chi connectivity index (χ2n) is 9.05. The molecule has 0 unspecified atom stereocenters. The number of likely N-dealkylation sites (tertiary alicyclic amines) is 1. The Morgan fingerprint density at radius 2 is 1.88 bits per heavy atom. The molecule has 2 atom stereocenters. The van der Waals surface area contributed by atoms with Crippen LogP contribution in [0.5, 0.6) is 0 Å². The quantitative estimate of drug-likeness (QED) is 0.488. The van der Waals surface area contributed by atoms with Gasteiger partial charge in [0.25, 0.3) is 5.91 Å².